The van der Waals surface area contributed by atoms with Crippen molar-refractivity contribution in [3.8, 4) is 34.5 Å². The Bertz CT molecular complexity index is 3250. The summed E-state index contributed by atoms with van der Waals surface area (Å²) in [5.41, 5.74) is -6.40. The van der Waals surface area contributed by atoms with E-state index in [9.17, 15) is 91.1 Å². The molecule has 0 unspecified atom stereocenters. The average molecular weight is 1150 g/mol. The van der Waals surface area contributed by atoms with Gasteiger partial charge in [0.25, 0.3) is 30.1 Å². The predicted molar refractivity (Wildman–Crippen MR) is 220 cm³/mol. The van der Waals surface area contributed by atoms with Gasteiger partial charge in [-0.25, -0.2) is 91.1 Å². The molecule has 0 aliphatic carbocycles. The van der Waals surface area contributed by atoms with Crippen LogP contribution < -0.4 is 41.9 Å². The molecule has 16 nitrogen and oxygen atoms in total. The molecule has 0 saturated carbocycles. The summed E-state index contributed by atoms with van der Waals surface area (Å²) in [4.78, 5) is -3.88. The van der Waals surface area contributed by atoms with Crippen LogP contribution in [0.5, 0.6) is 34.5 Å². The van der Waals surface area contributed by atoms with E-state index in [-0.39, 0.29) is 18.2 Å². The van der Waals surface area contributed by atoms with Gasteiger partial charge in [0.2, 0.25) is 17.5 Å². The third-order valence-corrected chi connectivity index (χ3v) is 14.6. The summed E-state index contributed by atoms with van der Waals surface area (Å²) in [5, 5.41) is 0. The Balaban J connectivity index is 1.52. The van der Waals surface area contributed by atoms with Crippen LogP contribution in [0.4, 0.5) is 82.9 Å². The molecule has 398 valence electrons. The van der Waals surface area contributed by atoms with Gasteiger partial charge < -0.3 is 27.8 Å². The fraction of sp³-hybridized carbons (Fsp3) is 0.0769. The van der Waals surface area contributed by atoms with Gasteiger partial charge in [-0.3, -0.25) is 14.2 Å². The minimum Gasteiger partial charge on any atom is -0.493 e. The highest BCUT2D eigenvalue weighted by Crippen LogP contribution is 2.55. The number of hydrogen-bond donors (Lipinski definition) is 3. The van der Waals surface area contributed by atoms with Crippen molar-refractivity contribution >= 4 is 55.0 Å². The first-order valence-electron chi connectivity index (χ1n) is 18.7. The zero-order valence-electron chi connectivity index (χ0n) is 35.8. The summed E-state index contributed by atoms with van der Waals surface area (Å²) < 4.78 is 343. The summed E-state index contributed by atoms with van der Waals surface area (Å²) in [6, 6.07) is 4.02. The van der Waals surface area contributed by atoms with E-state index < -0.39 is 191 Å². The maximum atomic E-state index is 15.1. The van der Waals surface area contributed by atoms with Crippen molar-refractivity contribution in [1.82, 2.24) is 0 Å². The van der Waals surface area contributed by atoms with Crippen molar-refractivity contribution in [2.45, 2.75) is 14.7 Å². The van der Waals surface area contributed by atoms with Crippen LogP contribution in [-0.4, -0.2) is 46.6 Å². The van der Waals surface area contributed by atoms with E-state index in [4.69, 9.17) is 27.8 Å². The number of anilines is 3. The van der Waals surface area contributed by atoms with Crippen LogP contribution in [0.3, 0.4) is 0 Å². The minimum absolute atomic E-state index is 0.227. The standard InChI is InChI=1S/C39H21F15N3O13PS3/c1-65-16-7-4-13(72(59,60)55-37-31(49)25(43)22(40)26(44)32(37)50)10-19(16)68-71(58,69-20-11-14(5-8-17(20)66-2)73(61,62)56-38-33(51)27(45)23(41)28(46)34(38)52)70-21-12-15(6-9-18(21)67-3)74(63,64)57-39-35(53)29(47)24(42)30(48)36(39)54/h4-12,55-57H,1-3H3. The molecular weight excluding hydrogens is 1130 g/mol. The van der Waals surface area contributed by atoms with E-state index in [0.717, 1.165) is 35.5 Å². The molecule has 3 N–H and O–H groups in total. The second-order valence-electron chi connectivity index (χ2n) is 13.8. The van der Waals surface area contributed by atoms with Crippen molar-refractivity contribution in [3.63, 3.8) is 0 Å². The molecule has 0 bridgehead atoms. The molecule has 0 spiro atoms. The van der Waals surface area contributed by atoms with Gasteiger partial charge in [-0.15, -0.1) is 0 Å². The summed E-state index contributed by atoms with van der Waals surface area (Å²) in [6.45, 7) is 0. The quantitative estimate of drug-likeness (QED) is 0.0317. The molecular formula is C39H21F15N3O13PS3. The second kappa shape index (κ2) is 20.5. The number of phosphoric acid groups is 1. The Labute approximate surface area is 403 Å². The third-order valence-electron chi connectivity index (χ3n) is 9.31. The smallest absolute Gasteiger partial charge is 0.493 e. The molecule has 6 aromatic carbocycles. The van der Waals surface area contributed by atoms with Gasteiger partial charge in [0.05, 0.1) is 36.0 Å². The Morgan fingerprint density at radius 3 is 0.703 bits per heavy atom. The van der Waals surface area contributed by atoms with Crippen LogP contribution in [0.2, 0.25) is 0 Å². The number of sulfonamides is 3. The molecule has 0 heterocycles. The number of benzene rings is 6. The molecule has 35 heteroatoms. The maximum absolute atomic E-state index is 15.1. The van der Waals surface area contributed by atoms with Crippen molar-refractivity contribution in [3.05, 3.63) is 142 Å². The van der Waals surface area contributed by atoms with E-state index in [1.54, 1.807) is 0 Å². The van der Waals surface area contributed by atoms with Crippen LogP contribution in [0.1, 0.15) is 0 Å². The van der Waals surface area contributed by atoms with E-state index in [1.807, 2.05) is 0 Å². The van der Waals surface area contributed by atoms with Gasteiger partial charge in [0.1, 0.15) is 17.1 Å². The molecule has 6 rings (SSSR count). The number of hydrogen-bond acceptors (Lipinski definition) is 13. The molecule has 0 fully saturated rings. The van der Waals surface area contributed by atoms with Crippen LogP contribution in [0.25, 0.3) is 0 Å². The highest BCUT2D eigenvalue weighted by atomic mass is 32.2. The first-order chi connectivity index (χ1) is 34.3. The molecule has 0 aliphatic rings. The summed E-state index contributed by atoms with van der Waals surface area (Å²) >= 11 is 0. The summed E-state index contributed by atoms with van der Waals surface area (Å²) in [6.07, 6.45) is 0. The van der Waals surface area contributed by atoms with E-state index in [2.05, 4.69) is 0 Å². The highest BCUT2D eigenvalue weighted by Gasteiger charge is 2.40. The molecule has 0 amide bonds. The van der Waals surface area contributed by atoms with Gasteiger partial charge in [0.15, 0.2) is 104 Å². The van der Waals surface area contributed by atoms with Gasteiger partial charge in [-0.2, -0.15) is 4.57 Å². The van der Waals surface area contributed by atoms with E-state index in [0.29, 0.717) is 36.4 Å². The van der Waals surface area contributed by atoms with Crippen molar-refractivity contribution in [1.29, 1.82) is 0 Å². The first-order valence-corrected chi connectivity index (χ1v) is 24.6. The monoisotopic (exact) mass is 1150 g/mol. The van der Waals surface area contributed by atoms with Gasteiger partial charge in [-0.1, -0.05) is 0 Å². The largest absolute Gasteiger partial charge is 0.647 e. The van der Waals surface area contributed by atoms with Crippen molar-refractivity contribution in [2.75, 3.05) is 35.5 Å². The molecule has 0 aromatic heterocycles. The fourth-order valence-electron chi connectivity index (χ4n) is 5.77. The first kappa shape index (κ1) is 55.9. The molecule has 0 saturated heterocycles. The maximum Gasteiger partial charge on any atom is 0.647 e. The number of methoxy groups -OCH3 is 3. The van der Waals surface area contributed by atoms with E-state index in [1.165, 1.54) is 0 Å². The average Bonchev–Trinajstić information content (AvgIpc) is 3.36. The summed E-state index contributed by atoms with van der Waals surface area (Å²) in [5.74, 6) is -45.9. The van der Waals surface area contributed by atoms with Crippen LogP contribution >= 0.6 is 7.82 Å². The van der Waals surface area contributed by atoms with Crippen LogP contribution in [0, 0.1) is 87.3 Å². The highest BCUT2D eigenvalue weighted by molar-refractivity contribution is 7.93. The number of nitrogens with one attached hydrogen (secondary N) is 3. The Kier molecular flexibility index (Phi) is 15.4. The number of rotatable bonds is 18. The van der Waals surface area contributed by atoms with Gasteiger partial charge in [0, 0.05) is 18.2 Å². The number of ether oxygens (including phenoxy) is 3. The SMILES string of the molecule is COc1ccc(S(=O)(=O)Nc2c(F)c(F)c(F)c(F)c2F)cc1OP(=O)(Oc1cc(S(=O)(=O)Nc2c(F)c(F)c(F)c(F)c2F)ccc1OC)Oc1cc(S(=O)(=O)Nc2c(F)c(F)c(F)c(F)c2F)ccc1OC. The predicted octanol–water partition coefficient (Wildman–Crippen LogP) is 9.85. The topological polar surface area (TPSA) is 211 Å². The zero-order chi connectivity index (χ0) is 55.3. The lowest BCUT2D eigenvalue weighted by Crippen LogP contribution is -2.18. The van der Waals surface area contributed by atoms with Gasteiger partial charge in [-0.05, 0) is 36.4 Å². The summed E-state index contributed by atoms with van der Waals surface area (Å²) in [7, 11) is -20.6. The van der Waals surface area contributed by atoms with Crippen LogP contribution in [-0.2, 0) is 34.6 Å². The van der Waals surface area contributed by atoms with E-state index >= 15 is 4.57 Å². The van der Waals surface area contributed by atoms with Gasteiger partial charge >= 0.3 is 7.82 Å². The van der Waals surface area contributed by atoms with Crippen molar-refractivity contribution in [2.24, 2.45) is 0 Å². The number of halogens is 15. The molecule has 0 aliphatic heterocycles. The Morgan fingerprint density at radius 1 is 0.324 bits per heavy atom. The lowest BCUT2D eigenvalue weighted by molar-refractivity contribution is 0.277. The number of phosphoric ester groups is 1. The van der Waals surface area contributed by atoms with Crippen molar-refractivity contribution < 1.29 is 123 Å². The molecule has 6 aromatic rings. The normalized spacial score (nSPS) is 12.0. The third kappa shape index (κ3) is 10.5. The molecule has 74 heavy (non-hydrogen) atoms. The molecule has 0 radical (unpaired) electrons. The second-order valence-corrected chi connectivity index (χ2v) is 20.3. The Morgan fingerprint density at radius 2 is 0.514 bits per heavy atom. The fourth-order valence-corrected chi connectivity index (χ4v) is 10.3. The zero-order valence-corrected chi connectivity index (χ0v) is 39.2. The minimum atomic E-state index is -6.19. The lowest BCUT2D eigenvalue weighted by atomic mass is 10.2. The lowest BCUT2D eigenvalue weighted by Gasteiger charge is -2.23. The molecule has 0 atom stereocenters. The van der Waals surface area contributed by atoms with Crippen LogP contribution in [0.15, 0.2) is 69.3 Å². The Hall–Kier alpha value is -7.45.